The van der Waals surface area contributed by atoms with Crippen molar-refractivity contribution in [2.45, 2.75) is 30.8 Å². The van der Waals surface area contributed by atoms with Crippen LogP contribution in [0.15, 0.2) is 0 Å². The third-order valence-corrected chi connectivity index (χ3v) is 3.85. The van der Waals surface area contributed by atoms with Gasteiger partial charge < -0.3 is 0 Å². The van der Waals surface area contributed by atoms with Crippen LogP contribution in [0.3, 0.4) is 0 Å². The van der Waals surface area contributed by atoms with Gasteiger partial charge in [-0.05, 0) is 0 Å². The molecule has 1 saturated heterocycles. The first-order chi connectivity index (χ1) is 7.06. The van der Waals surface area contributed by atoms with E-state index in [1.54, 1.807) is 0 Å². The fraction of sp³-hybridized carbons (Fsp3) is 1.00. The van der Waals surface area contributed by atoms with Crippen molar-refractivity contribution in [2.75, 3.05) is 19.4 Å². The van der Waals surface area contributed by atoms with Gasteiger partial charge in [-0.25, -0.2) is 0 Å². The van der Waals surface area contributed by atoms with Crippen LogP contribution in [0.4, 0.5) is 0 Å². The summed E-state index contributed by atoms with van der Waals surface area (Å²) in [7, 11) is -4.60. The van der Waals surface area contributed by atoms with Crippen LogP contribution in [0.1, 0.15) is 6.42 Å². The molecule has 0 aliphatic carbocycles. The topological polar surface area (TPSA) is 131 Å². The molecular weight excluding hydrogens is 239 g/mol. The maximum absolute atomic E-state index is 9.52. The Labute approximate surface area is 93.1 Å². The molecule has 0 aromatic carbocycles. The van der Waals surface area contributed by atoms with Crippen molar-refractivity contribution in [3.05, 3.63) is 0 Å². The third-order valence-electron chi connectivity index (χ3n) is 2.54. The Kier molecular flexibility index (Phi) is 3.94. The Morgan fingerprint density at radius 3 is 2.19 bits per heavy atom. The molecule has 0 aromatic heterocycles. The van der Waals surface area contributed by atoms with Crippen molar-refractivity contribution in [1.29, 1.82) is 0 Å². The second kappa shape index (κ2) is 4.44. The van der Waals surface area contributed by atoms with E-state index in [4.69, 9.17) is 9.84 Å². The summed E-state index contributed by atoms with van der Waals surface area (Å²) in [5.41, 5.74) is 0. The van der Waals surface area contributed by atoms with Crippen LogP contribution in [0.2, 0.25) is 0 Å². The van der Waals surface area contributed by atoms with Gasteiger partial charge in [-0.3, -0.25) is 0 Å². The van der Waals surface area contributed by atoms with E-state index in [2.05, 4.69) is 0 Å². The normalized spacial score (nSPS) is 39.1. The molecule has 7 nitrogen and oxygen atoms in total. The number of ether oxygens (including phenoxy) is 1. The monoisotopic (exact) mass is 258 g/mol. The van der Waals surface area contributed by atoms with Gasteiger partial charge in [-0.2, -0.15) is 0 Å². The molecule has 0 radical (unpaired) electrons. The van der Waals surface area contributed by atoms with Gasteiger partial charge in [-0.15, -0.1) is 0 Å². The van der Waals surface area contributed by atoms with Gasteiger partial charge in [0, 0.05) is 0 Å². The van der Waals surface area contributed by atoms with Crippen LogP contribution in [-0.2, 0) is 4.74 Å². The average Bonchev–Trinajstić information content (AvgIpc) is 2.10. The number of aliphatic hydroxyl groups excluding tert-OH is 3. The predicted molar refractivity (Wildman–Crippen MR) is 56.7 cm³/mol. The molecule has 1 aliphatic rings. The van der Waals surface area contributed by atoms with Crippen LogP contribution < -0.4 is 0 Å². The van der Waals surface area contributed by atoms with E-state index in [-0.39, 0.29) is 19.2 Å². The Morgan fingerprint density at radius 1 is 1.12 bits per heavy atom. The second-order valence-corrected chi connectivity index (χ2v) is 8.21. The standard InChI is InChI=1S/C8H19O7P/c1-16(12,13,14)3-2-6-8(11)7(10)5(9)4-15-6/h5-14H,2-4H2,1H3/t5-,6-,7-,8-/m1/s1. The van der Waals surface area contributed by atoms with Gasteiger partial charge in [0.2, 0.25) is 0 Å². The van der Waals surface area contributed by atoms with Crippen LogP contribution >= 0.6 is 7.28 Å². The molecule has 0 bridgehead atoms. The summed E-state index contributed by atoms with van der Waals surface area (Å²) in [6, 6.07) is 0. The molecular formula is C8H19O7P. The first-order valence-electron chi connectivity index (χ1n) is 4.98. The number of rotatable bonds is 3. The van der Waals surface area contributed by atoms with E-state index >= 15 is 0 Å². The molecule has 6 N–H and O–H groups in total. The minimum atomic E-state index is -4.60. The Balaban J connectivity index is 2.50. The number of hydrogen-bond acceptors (Lipinski definition) is 7. The van der Waals surface area contributed by atoms with E-state index in [1.807, 2.05) is 0 Å². The Bertz CT molecular complexity index is 241. The van der Waals surface area contributed by atoms with E-state index in [0.29, 0.717) is 0 Å². The molecule has 0 aromatic rings. The summed E-state index contributed by atoms with van der Waals surface area (Å²) in [5, 5.41) is 28.0. The molecule has 1 rings (SSSR count). The fourth-order valence-electron chi connectivity index (χ4n) is 1.55. The Morgan fingerprint density at radius 2 is 1.69 bits per heavy atom. The molecule has 1 fully saturated rings. The van der Waals surface area contributed by atoms with Crippen molar-refractivity contribution >= 4 is 7.28 Å². The molecule has 98 valence electrons. The summed E-state index contributed by atoms with van der Waals surface area (Å²) < 4.78 is 5.04. The summed E-state index contributed by atoms with van der Waals surface area (Å²) >= 11 is 0. The van der Waals surface area contributed by atoms with Crippen molar-refractivity contribution in [2.24, 2.45) is 0 Å². The van der Waals surface area contributed by atoms with Gasteiger partial charge in [-0.1, -0.05) is 0 Å². The third kappa shape index (κ3) is 4.20. The van der Waals surface area contributed by atoms with Crippen molar-refractivity contribution in [1.82, 2.24) is 0 Å². The van der Waals surface area contributed by atoms with E-state index in [0.717, 1.165) is 6.66 Å². The van der Waals surface area contributed by atoms with Crippen molar-refractivity contribution in [3.8, 4) is 0 Å². The molecule has 0 saturated carbocycles. The molecule has 4 atom stereocenters. The van der Waals surface area contributed by atoms with Gasteiger partial charge in [0.1, 0.15) is 0 Å². The first-order valence-corrected chi connectivity index (χ1v) is 7.71. The predicted octanol–water partition coefficient (Wildman–Crippen LogP) is -2.24. The van der Waals surface area contributed by atoms with Crippen LogP contribution in [-0.4, -0.2) is 73.8 Å². The van der Waals surface area contributed by atoms with Gasteiger partial charge >= 0.3 is 92.3 Å². The van der Waals surface area contributed by atoms with Crippen LogP contribution in [0.5, 0.6) is 0 Å². The maximum atomic E-state index is 9.52. The zero-order valence-electron chi connectivity index (χ0n) is 8.97. The molecule has 16 heavy (non-hydrogen) atoms. The van der Waals surface area contributed by atoms with Crippen LogP contribution in [0.25, 0.3) is 0 Å². The number of aliphatic hydroxyl groups is 3. The summed E-state index contributed by atoms with van der Waals surface area (Å²) in [6.45, 7) is 0.803. The molecule has 0 amide bonds. The molecule has 1 aliphatic heterocycles. The quantitative estimate of drug-likeness (QED) is 0.316. The van der Waals surface area contributed by atoms with E-state index < -0.39 is 31.7 Å². The zero-order chi connectivity index (χ0) is 12.6. The van der Waals surface area contributed by atoms with Gasteiger partial charge in [0.25, 0.3) is 0 Å². The average molecular weight is 258 g/mol. The number of hydrogen-bond donors (Lipinski definition) is 6. The van der Waals surface area contributed by atoms with E-state index in [9.17, 15) is 24.9 Å². The van der Waals surface area contributed by atoms with Crippen molar-refractivity contribution in [3.63, 3.8) is 0 Å². The minimum absolute atomic E-state index is 0.0111. The first kappa shape index (κ1) is 14.2. The summed E-state index contributed by atoms with van der Waals surface area (Å²) in [6.07, 6.45) is -4.94. The Hall–Kier alpha value is 0.150. The second-order valence-electron chi connectivity index (χ2n) is 4.54. The van der Waals surface area contributed by atoms with Crippen molar-refractivity contribution < 1.29 is 34.7 Å². The van der Waals surface area contributed by atoms with E-state index in [1.165, 1.54) is 0 Å². The van der Waals surface area contributed by atoms with Crippen LogP contribution in [0, 0.1) is 0 Å². The zero-order valence-corrected chi connectivity index (χ0v) is 9.86. The van der Waals surface area contributed by atoms with Gasteiger partial charge in [0.05, 0.1) is 0 Å². The summed E-state index contributed by atoms with van der Waals surface area (Å²) in [5.74, 6) is 0. The molecule has 0 spiro atoms. The summed E-state index contributed by atoms with van der Waals surface area (Å²) in [4.78, 5) is 27.6. The fourth-order valence-corrected chi connectivity index (χ4v) is 2.41. The molecule has 8 heteroatoms. The van der Waals surface area contributed by atoms with Gasteiger partial charge in [0.15, 0.2) is 0 Å². The molecule has 0 unspecified atom stereocenters. The SMILES string of the molecule is CP(O)(O)(O)CC[C@H]1OC[C@@H](O)[C@@H](O)[C@@H]1O. The molecule has 1 heterocycles.